The average Bonchev–Trinajstić information content (AvgIpc) is 2.74. The summed E-state index contributed by atoms with van der Waals surface area (Å²) < 4.78 is 0. The van der Waals surface area contributed by atoms with Crippen LogP contribution in [0.2, 0.25) is 5.02 Å². The highest BCUT2D eigenvalue weighted by atomic mass is 35.5. The van der Waals surface area contributed by atoms with Crippen molar-refractivity contribution in [3.63, 3.8) is 0 Å². The molecule has 3 rings (SSSR count). The predicted octanol–water partition coefficient (Wildman–Crippen LogP) is 3.37. The number of benzene rings is 2. The van der Waals surface area contributed by atoms with Gasteiger partial charge in [-0.1, -0.05) is 35.9 Å². The maximum atomic E-state index is 12.3. The van der Waals surface area contributed by atoms with Crippen molar-refractivity contribution in [1.29, 1.82) is 5.26 Å². The van der Waals surface area contributed by atoms with Crippen LogP contribution in [0.3, 0.4) is 0 Å². The van der Waals surface area contributed by atoms with E-state index < -0.39 is 4.92 Å². The van der Waals surface area contributed by atoms with E-state index in [1.165, 1.54) is 18.2 Å². The molecule has 2 aromatic carbocycles. The molecule has 1 heterocycles. The summed E-state index contributed by atoms with van der Waals surface area (Å²) in [6.45, 7) is 2.65. The van der Waals surface area contributed by atoms with Gasteiger partial charge in [0, 0.05) is 50.0 Å². The molecule has 0 saturated carbocycles. The van der Waals surface area contributed by atoms with Crippen LogP contribution in [0.15, 0.2) is 54.6 Å². The monoisotopic (exact) mass is 425 g/mol. The van der Waals surface area contributed by atoms with Gasteiger partial charge in [0.1, 0.15) is 0 Å². The predicted molar refractivity (Wildman–Crippen MR) is 115 cm³/mol. The van der Waals surface area contributed by atoms with Crippen molar-refractivity contribution in [2.24, 2.45) is 0 Å². The maximum Gasteiger partial charge on any atom is 0.270 e. The van der Waals surface area contributed by atoms with Crippen molar-refractivity contribution in [1.82, 2.24) is 9.80 Å². The van der Waals surface area contributed by atoms with Gasteiger partial charge in [-0.2, -0.15) is 5.26 Å². The third kappa shape index (κ3) is 5.35. The van der Waals surface area contributed by atoms with E-state index in [1.54, 1.807) is 36.4 Å². The van der Waals surface area contributed by atoms with Crippen LogP contribution in [0.25, 0.3) is 5.70 Å². The van der Waals surface area contributed by atoms with Crippen LogP contribution in [0.5, 0.6) is 0 Å². The zero-order valence-electron chi connectivity index (χ0n) is 16.1. The van der Waals surface area contributed by atoms with Crippen molar-refractivity contribution < 1.29 is 9.72 Å². The molecule has 0 aliphatic carbocycles. The van der Waals surface area contributed by atoms with Gasteiger partial charge >= 0.3 is 0 Å². The van der Waals surface area contributed by atoms with Gasteiger partial charge in [0.25, 0.3) is 5.69 Å². The minimum atomic E-state index is -0.455. The van der Waals surface area contributed by atoms with E-state index in [-0.39, 0.29) is 18.1 Å². The van der Waals surface area contributed by atoms with Gasteiger partial charge in [0.15, 0.2) is 0 Å². The number of nitro benzene ring substituents is 1. The summed E-state index contributed by atoms with van der Waals surface area (Å²) in [4.78, 5) is 27.0. The standard InChI is InChI=1S/C21H20ClN5O3/c22-18-6-1-2-7-19(18)24-21(28)15-25-10-12-26(13-11-25)20(8-9-23)16-4-3-5-17(14-16)27(29)30/h1-8,14H,10-13,15H2,(H,24,28). The molecule has 0 aromatic heterocycles. The van der Waals surface area contributed by atoms with E-state index in [0.29, 0.717) is 48.1 Å². The number of amides is 1. The normalized spacial score (nSPS) is 14.8. The molecule has 9 heteroatoms. The number of carbonyl (C=O) groups is 1. The van der Waals surface area contributed by atoms with E-state index in [1.807, 2.05) is 15.9 Å². The Balaban J connectivity index is 1.61. The summed E-state index contributed by atoms with van der Waals surface area (Å²) in [6, 6.07) is 15.3. The molecule has 2 aromatic rings. The summed E-state index contributed by atoms with van der Waals surface area (Å²) in [5.74, 6) is -0.150. The van der Waals surface area contributed by atoms with Crippen LogP contribution in [0, 0.1) is 21.4 Å². The molecule has 1 fully saturated rings. The van der Waals surface area contributed by atoms with Gasteiger partial charge < -0.3 is 10.2 Å². The second-order valence-corrected chi connectivity index (χ2v) is 7.16. The molecule has 1 saturated heterocycles. The summed E-state index contributed by atoms with van der Waals surface area (Å²) in [5.41, 5.74) is 1.82. The number of nitro groups is 1. The Morgan fingerprint density at radius 1 is 1.20 bits per heavy atom. The van der Waals surface area contributed by atoms with Crippen LogP contribution in [-0.4, -0.2) is 53.4 Å². The molecule has 8 nitrogen and oxygen atoms in total. The maximum absolute atomic E-state index is 12.3. The summed E-state index contributed by atoms with van der Waals surface area (Å²) in [7, 11) is 0. The van der Waals surface area contributed by atoms with E-state index in [4.69, 9.17) is 11.6 Å². The average molecular weight is 426 g/mol. The fraction of sp³-hybridized carbons (Fsp3) is 0.238. The van der Waals surface area contributed by atoms with Crippen molar-refractivity contribution in [3.8, 4) is 6.07 Å². The highest BCUT2D eigenvalue weighted by molar-refractivity contribution is 6.33. The molecule has 154 valence electrons. The smallest absolute Gasteiger partial charge is 0.270 e. The number of anilines is 1. The molecule has 0 spiro atoms. The lowest BCUT2D eigenvalue weighted by molar-refractivity contribution is -0.384. The summed E-state index contributed by atoms with van der Waals surface area (Å²) >= 11 is 6.07. The second-order valence-electron chi connectivity index (χ2n) is 6.76. The number of halogens is 1. The van der Waals surface area contributed by atoms with Gasteiger partial charge in [-0.3, -0.25) is 19.8 Å². The van der Waals surface area contributed by atoms with Crippen LogP contribution >= 0.6 is 11.6 Å². The number of piperazine rings is 1. The molecular weight excluding hydrogens is 406 g/mol. The molecule has 0 atom stereocenters. The van der Waals surface area contributed by atoms with Gasteiger partial charge in [-0.25, -0.2) is 0 Å². The number of carbonyl (C=O) groups excluding carboxylic acids is 1. The number of allylic oxidation sites excluding steroid dienone is 1. The van der Waals surface area contributed by atoms with E-state index in [9.17, 15) is 20.2 Å². The van der Waals surface area contributed by atoms with Crippen molar-refractivity contribution in [2.45, 2.75) is 0 Å². The molecule has 1 amide bonds. The lowest BCUT2D eigenvalue weighted by atomic mass is 10.1. The molecule has 1 aliphatic rings. The number of rotatable bonds is 6. The van der Waals surface area contributed by atoms with Gasteiger partial charge in [0.2, 0.25) is 5.91 Å². The Bertz CT molecular complexity index is 1010. The number of hydrogen-bond donors (Lipinski definition) is 1. The fourth-order valence-corrected chi connectivity index (χ4v) is 3.48. The molecular formula is C21H20ClN5O3. The second kappa shape index (κ2) is 9.87. The number of hydrogen-bond acceptors (Lipinski definition) is 6. The Kier molecular flexibility index (Phi) is 7.01. The quantitative estimate of drug-likeness (QED) is 0.432. The van der Waals surface area contributed by atoms with Crippen molar-refractivity contribution in [2.75, 3.05) is 38.0 Å². The van der Waals surface area contributed by atoms with E-state index in [2.05, 4.69) is 5.32 Å². The summed E-state index contributed by atoms with van der Waals surface area (Å²) in [5, 5.41) is 23.5. The van der Waals surface area contributed by atoms with Gasteiger partial charge in [-0.05, 0) is 12.1 Å². The topological polar surface area (TPSA) is 103 Å². The van der Waals surface area contributed by atoms with Crippen LogP contribution in [-0.2, 0) is 4.79 Å². The van der Waals surface area contributed by atoms with Crippen LogP contribution in [0.4, 0.5) is 11.4 Å². The fourth-order valence-electron chi connectivity index (χ4n) is 3.30. The van der Waals surface area contributed by atoms with Crippen molar-refractivity contribution in [3.05, 3.63) is 75.3 Å². The molecule has 0 unspecified atom stereocenters. The highest BCUT2D eigenvalue weighted by Crippen LogP contribution is 2.25. The van der Waals surface area contributed by atoms with E-state index in [0.717, 1.165) is 0 Å². The lowest BCUT2D eigenvalue weighted by Gasteiger charge is -2.36. The third-order valence-corrected chi connectivity index (χ3v) is 5.11. The van der Waals surface area contributed by atoms with E-state index >= 15 is 0 Å². The number of para-hydroxylation sites is 1. The van der Waals surface area contributed by atoms with Crippen molar-refractivity contribution >= 4 is 34.6 Å². The van der Waals surface area contributed by atoms with Crippen LogP contribution in [0.1, 0.15) is 5.56 Å². The zero-order valence-corrected chi connectivity index (χ0v) is 16.9. The third-order valence-electron chi connectivity index (χ3n) is 4.78. The largest absolute Gasteiger partial charge is 0.368 e. The molecule has 30 heavy (non-hydrogen) atoms. The number of non-ortho nitro benzene ring substituents is 1. The summed E-state index contributed by atoms with van der Waals surface area (Å²) in [6.07, 6.45) is 1.40. The minimum Gasteiger partial charge on any atom is -0.368 e. The molecule has 0 bridgehead atoms. The highest BCUT2D eigenvalue weighted by Gasteiger charge is 2.22. The Morgan fingerprint density at radius 2 is 1.93 bits per heavy atom. The molecule has 0 radical (unpaired) electrons. The first-order valence-corrected chi connectivity index (χ1v) is 9.72. The van der Waals surface area contributed by atoms with Crippen LogP contribution < -0.4 is 5.32 Å². The van der Waals surface area contributed by atoms with Gasteiger partial charge in [-0.15, -0.1) is 0 Å². The Hall–Kier alpha value is -3.41. The zero-order chi connectivity index (χ0) is 21.5. The minimum absolute atomic E-state index is 0.0220. The first-order chi connectivity index (χ1) is 14.5. The molecule has 1 N–H and O–H groups in total. The van der Waals surface area contributed by atoms with Gasteiger partial charge in [0.05, 0.1) is 33.9 Å². The number of nitriles is 1. The SMILES string of the molecule is N#CC=C(c1cccc([N+](=O)[O-])c1)N1CCN(CC(=O)Nc2ccccc2Cl)CC1. The first-order valence-electron chi connectivity index (χ1n) is 9.34. The Morgan fingerprint density at radius 3 is 2.60 bits per heavy atom. The molecule has 1 aliphatic heterocycles. The number of nitrogens with zero attached hydrogens (tertiary/aromatic N) is 4. The Labute approximate surface area is 179 Å². The number of nitrogens with one attached hydrogen (secondary N) is 1. The lowest BCUT2D eigenvalue weighted by Crippen LogP contribution is -2.47. The first kappa shape index (κ1) is 21.3.